The lowest BCUT2D eigenvalue weighted by Gasteiger charge is -2.28. The monoisotopic (exact) mass is 508 g/mol. The van der Waals surface area contributed by atoms with Crippen LogP contribution >= 0.6 is 0 Å². The van der Waals surface area contributed by atoms with E-state index >= 15 is 0 Å². The number of esters is 1. The normalized spacial score (nSPS) is 20.6. The maximum absolute atomic E-state index is 14.2. The van der Waals surface area contributed by atoms with Gasteiger partial charge in [0.05, 0.1) is 23.7 Å². The summed E-state index contributed by atoms with van der Waals surface area (Å²) in [6.07, 6.45) is 7.05. The van der Waals surface area contributed by atoms with Crippen LogP contribution in [0.2, 0.25) is 0 Å². The second kappa shape index (κ2) is 8.73. The Bertz CT molecular complexity index is 1460. The Balaban J connectivity index is 2.19. The van der Waals surface area contributed by atoms with Crippen LogP contribution in [0, 0.1) is 0 Å². The van der Waals surface area contributed by atoms with Crippen molar-refractivity contribution in [3.63, 3.8) is 0 Å². The molecule has 2 aliphatic rings. The maximum Gasteiger partial charge on any atom is 0.354 e. The van der Waals surface area contributed by atoms with Crippen LogP contribution in [0.5, 0.6) is 11.5 Å². The van der Waals surface area contributed by atoms with E-state index in [1.807, 2.05) is 41.5 Å². The lowest BCUT2D eigenvalue weighted by Crippen LogP contribution is -2.47. The Morgan fingerprint density at radius 1 is 1.08 bits per heavy atom. The van der Waals surface area contributed by atoms with Gasteiger partial charge in [0, 0.05) is 6.07 Å². The van der Waals surface area contributed by atoms with Gasteiger partial charge in [-0.15, -0.1) is 0 Å². The molecule has 2 heterocycles. The van der Waals surface area contributed by atoms with Crippen molar-refractivity contribution in [2.45, 2.75) is 71.0 Å². The Kier molecular flexibility index (Phi) is 6.23. The maximum atomic E-state index is 14.2. The van der Waals surface area contributed by atoms with Crippen molar-refractivity contribution in [3.05, 3.63) is 62.6 Å². The van der Waals surface area contributed by atoms with Crippen molar-refractivity contribution in [2.75, 3.05) is 7.11 Å². The van der Waals surface area contributed by atoms with Gasteiger partial charge < -0.3 is 24.1 Å². The molecule has 0 bridgehead atoms. The summed E-state index contributed by atoms with van der Waals surface area (Å²) < 4.78 is 16.9. The summed E-state index contributed by atoms with van der Waals surface area (Å²) in [5.74, 6) is -2.78. The van der Waals surface area contributed by atoms with Gasteiger partial charge in [-0.05, 0) is 66.5 Å². The molecule has 2 aromatic rings. The van der Waals surface area contributed by atoms with E-state index in [2.05, 4.69) is 0 Å². The van der Waals surface area contributed by atoms with Crippen LogP contribution in [-0.2, 0) is 25.3 Å². The average molecular weight is 509 g/mol. The summed E-state index contributed by atoms with van der Waals surface area (Å²) in [6.45, 7) is 11.0. The molecular weight excluding hydrogens is 476 g/mol. The predicted molar refractivity (Wildman–Crippen MR) is 139 cm³/mol. The molecule has 0 saturated carbocycles. The van der Waals surface area contributed by atoms with E-state index in [4.69, 9.17) is 13.9 Å². The Hall–Kier alpha value is -3.65. The summed E-state index contributed by atoms with van der Waals surface area (Å²) in [7, 11) is 1.05. The zero-order valence-corrected chi connectivity index (χ0v) is 22.1. The van der Waals surface area contributed by atoms with Crippen LogP contribution in [-0.4, -0.2) is 34.7 Å². The van der Waals surface area contributed by atoms with Crippen molar-refractivity contribution in [2.24, 2.45) is 0 Å². The number of Topliss-reactive ketones (excluding diaryl/α,β-unsaturated/α-hetero) is 1. The van der Waals surface area contributed by atoms with E-state index in [0.717, 1.165) is 18.3 Å². The fourth-order valence-corrected chi connectivity index (χ4v) is 5.00. The number of carbonyl (C=O) groups excluding carboxylic acids is 2. The van der Waals surface area contributed by atoms with Gasteiger partial charge in [-0.25, -0.2) is 4.79 Å². The summed E-state index contributed by atoms with van der Waals surface area (Å²) in [5.41, 5.74) is -4.01. The molecule has 0 spiro atoms. The first-order chi connectivity index (χ1) is 17.2. The molecule has 2 N–H and O–H groups in total. The van der Waals surface area contributed by atoms with Gasteiger partial charge in [0.25, 0.3) is 5.60 Å². The zero-order valence-electron chi connectivity index (χ0n) is 22.1. The zero-order chi connectivity index (χ0) is 27.5. The molecule has 1 atom stereocenters. The molecule has 1 aliphatic carbocycles. The number of phenolic OH excluding ortho intramolecular Hbond substituents is 1. The number of phenols is 1. The number of allylic oxidation sites excluding steroid dienone is 4. The number of ketones is 1. The number of aromatic hydroxyl groups is 1. The molecule has 0 amide bonds. The summed E-state index contributed by atoms with van der Waals surface area (Å²) in [5, 5.41) is 22.5. The van der Waals surface area contributed by atoms with Gasteiger partial charge in [-0.1, -0.05) is 23.3 Å². The highest BCUT2D eigenvalue weighted by molar-refractivity contribution is 6.16. The van der Waals surface area contributed by atoms with Gasteiger partial charge in [0.15, 0.2) is 17.1 Å². The van der Waals surface area contributed by atoms with E-state index in [1.54, 1.807) is 24.3 Å². The van der Waals surface area contributed by atoms with Gasteiger partial charge >= 0.3 is 5.97 Å². The highest BCUT2D eigenvalue weighted by Gasteiger charge is 2.67. The minimum absolute atomic E-state index is 0.0312. The minimum atomic E-state index is -2.85. The molecule has 4 rings (SSSR count). The molecule has 196 valence electrons. The SMILES string of the molecule is COC(=O)C1(O)C(=O)C(CC=C(C)C)(CC=C(C)C)c2c1oc1c3c(cc(O)c1c2=O)OC(C)(C)C=C3. The first kappa shape index (κ1) is 26.4. The Morgan fingerprint density at radius 2 is 1.68 bits per heavy atom. The number of aliphatic hydroxyl groups is 1. The second-order valence-electron chi connectivity index (χ2n) is 10.8. The van der Waals surface area contributed by atoms with Gasteiger partial charge in [0.1, 0.15) is 22.5 Å². The number of methoxy groups -OCH3 is 1. The molecule has 0 saturated heterocycles. The topological polar surface area (TPSA) is 123 Å². The smallest absolute Gasteiger partial charge is 0.354 e. The lowest BCUT2D eigenvalue weighted by molar-refractivity contribution is -0.171. The number of ether oxygens (including phenoxy) is 2. The number of rotatable bonds is 5. The highest BCUT2D eigenvalue weighted by atomic mass is 16.5. The predicted octanol–water partition coefficient (Wildman–Crippen LogP) is 4.58. The molecule has 0 radical (unpaired) electrons. The first-order valence-corrected chi connectivity index (χ1v) is 12.1. The van der Waals surface area contributed by atoms with Crippen LogP contribution in [0.3, 0.4) is 0 Å². The molecule has 37 heavy (non-hydrogen) atoms. The number of fused-ring (bicyclic) bond motifs is 4. The van der Waals surface area contributed by atoms with E-state index < -0.39 is 45.3 Å². The molecule has 1 aromatic carbocycles. The molecule has 8 heteroatoms. The Labute approximate surface area is 214 Å². The number of carbonyl (C=O) groups is 2. The fourth-order valence-electron chi connectivity index (χ4n) is 5.00. The van der Waals surface area contributed by atoms with Crippen LogP contribution in [0.15, 0.2) is 44.7 Å². The minimum Gasteiger partial charge on any atom is -0.507 e. The molecule has 1 aromatic heterocycles. The van der Waals surface area contributed by atoms with Crippen LogP contribution in [0.1, 0.15) is 71.3 Å². The van der Waals surface area contributed by atoms with Crippen LogP contribution in [0.25, 0.3) is 17.0 Å². The third-order valence-corrected chi connectivity index (χ3v) is 6.94. The van der Waals surface area contributed by atoms with Gasteiger partial charge in [-0.3, -0.25) is 9.59 Å². The molecular formula is C29H32O8. The molecule has 1 aliphatic heterocycles. The van der Waals surface area contributed by atoms with E-state index in [0.29, 0.717) is 5.56 Å². The van der Waals surface area contributed by atoms with Gasteiger partial charge in [-0.2, -0.15) is 0 Å². The lowest BCUT2D eigenvalue weighted by atomic mass is 9.73. The van der Waals surface area contributed by atoms with E-state index in [-0.39, 0.29) is 35.1 Å². The standard InChI is InChI=1S/C29H32O8/c1-15(2)8-12-28(13-9-16(3)4)21-22(31)20-18(30)14-19-17(10-11-27(5,6)37-19)23(20)36-24(21)29(34,25(28)32)26(33)35-7/h8-11,14,30,34H,12-13H2,1-7H3. The fraction of sp³-hybridized carbons (Fsp3) is 0.414. The molecule has 8 nitrogen and oxygen atoms in total. The first-order valence-electron chi connectivity index (χ1n) is 12.1. The third-order valence-electron chi connectivity index (χ3n) is 6.94. The second-order valence-corrected chi connectivity index (χ2v) is 10.8. The highest BCUT2D eigenvalue weighted by Crippen LogP contribution is 2.52. The molecule has 0 fully saturated rings. The number of hydrogen-bond acceptors (Lipinski definition) is 8. The average Bonchev–Trinajstić information content (AvgIpc) is 3.00. The van der Waals surface area contributed by atoms with Crippen molar-refractivity contribution < 1.29 is 33.7 Å². The van der Waals surface area contributed by atoms with Crippen LogP contribution in [0.4, 0.5) is 0 Å². The summed E-state index contributed by atoms with van der Waals surface area (Å²) in [4.78, 5) is 41.3. The van der Waals surface area contributed by atoms with Crippen molar-refractivity contribution in [1.29, 1.82) is 0 Å². The molecule has 1 unspecified atom stereocenters. The van der Waals surface area contributed by atoms with E-state index in [1.165, 1.54) is 6.07 Å². The largest absolute Gasteiger partial charge is 0.507 e. The Morgan fingerprint density at radius 3 is 2.22 bits per heavy atom. The van der Waals surface area contributed by atoms with Crippen molar-refractivity contribution in [1.82, 2.24) is 0 Å². The quantitative estimate of drug-likeness (QED) is 0.342. The van der Waals surface area contributed by atoms with Crippen LogP contribution < -0.4 is 10.2 Å². The summed E-state index contributed by atoms with van der Waals surface area (Å²) >= 11 is 0. The van der Waals surface area contributed by atoms with Crippen molar-refractivity contribution in [3.8, 4) is 11.5 Å². The summed E-state index contributed by atoms with van der Waals surface area (Å²) in [6, 6.07) is 1.34. The van der Waals surface area contributed by atoms with Gasteiger partial charge in [0.2, 0.25) is 5.43 Å². The number of hydrogen-bond donors (Lipinski definition) is 2. The number of benzene rings is 1. The van der Waals surface area contributed by atoms with E-state index in [9.17, 15) is 24.6 Å². The third kappa shape index (κ3) is 3.91. The van der Waals surface area contributed by atoms with Crippen molar-refractivity contribution >= 4 is 28.8 Å².